The number of methoxy groups -OCH3 is 1. The molecular formula is C11H12OTe. The fraction of sp³-hybridized carbons (Fsp3) is 0.273. The zero-order valence-electron chi connectivity index (χ0n) is 7.83. The van der Waals surface area contributed by atoms with Crippen molar-refractivity contribution in [3.05, 3.63) is 29.8 Å². The Morgan fingerprint density at radius 1 is 1.38 bits per heavy atom. The van der Waals surface area contributed by atoms with Gasteiger partial charge < -0.3 is 0 Å². The molecule has 1 heterocycles. The first kappa shape index (κ1) is 9.12. The van der Waals surface area contributed by atoms with E-state index in [1.54, 1.807) is 10.7 Å². The van der Waals surface area contributed by atoms with Gasteiger partial charge in [-0.2, -0.15) is 0 Å². The molecule has 0 aromatic heterocycles. The van der Waals surface area contributed by atoms with Gasteiger partial charge in [0.1, 0.15) is 0 Å². The molecule has 1 aliphatic rings. The molecule has 1 aromatic rings. The molecule has 1 aromatic carbocycles. The predicted octanol–water partition coefficient (Wildman–Crippen LogP) is 1.86. The first-order valence-corrected chi connectivity index (χ1v) is 7.10. The van der Waals surface area contributed by atoms with E-state index in [-0.39, 0.29) is 20.9 Å². The first-order chi connectivity index (χ1) is 6.31. The van der Waals surface area contributed by atoms with E-state index in [2.05, 4.69) is 31.2 Å². The molecule has 0 amide bonds. The van der Waals surface area contributed by atoms with Crippen molar-refractivity contribution in [1.29, 1.82) is 0 Å². The van der Waals surface area contributed by atoms with E-state index < -0.39 is 0 Å². The van der Waals surface area contributed by atoms with Crippen molar-refractivity contribution in [2.24, 2.45) is 0 Å². The Bertz CT molecular complexity index is 355. The van der Waals surface area contributed by atoms with Crippen molar-refractivity contribution in [1.82, 2.24) is 0 Å². The quantitative estimate of drug-likeness (QED) is 0.717. The molecule has 0 unspecified atom stereocenters. The fourth-order valence-electron chi connectivity index (χ4n) is 1.44. The van der Waals surface area contributed by atoms with Gasteiger partial charge in [-0.05, 0) is 0 Å². The average Bonchev–Trinajstić information content (AvgIpc) is 2.18. The minimum atomic E-state index is 0.0151. The summed E-state index contributed by atoms with van der Waals surface area (Å²) in [5, 5.41) is 0. The molecule has 2 rings (SSSR count). The molecule has 0 fully saturated rings. The molecule has 0 saturated carbocycles. The van der Waals surface area contributed by atoms with Gasteiger partial charge in [-0.1, -0.05) is 0 Å². The van der Waals surface area contributed by atoms with Crippen LogP contribution in [-0.2, 0) is 0 Å². The van der Waals surface area contributed by atoms with Gasteiger partial charge in [-0.25, -0.2) is 0 Å². The second-order valence-corrected chi connectivity index (χ2v) is 6.09. The normalized spacial score (nSPS) is 14.8. The topological polar surface area (TPSA) is 9.23 Å². The summed E-state index contributed by atoms with van der Waals surface area (Å²) in [6.07, 6.45) is 2.36. The number of allylic oxidation sites excluding steroid dienone is 2. The van der Waals surface area contributed by atoms with Crippen molar-refractivity contribution in [3.63, 3.8) is 0 Å². The monoisotopic (exact) mass is 290 g/mol. The summed E-state index contributed by atoms with van der Waals surface area (Å²) in [6, 6.07) is 6.44. The third-order valence-corrected chi connectivity index (χ3v) is 5.04. The van der Waals surface area contributed by atoms with Crippen molar-refractivity contribution >= 4 is 30.1 Å². The summed E-state index contributed by atoms with van der Waals surface area (Å²) in [5.41, 5.74) is 2.86. The van der Waals surface area contributed by atoms with Gasteiger partial charge in [-0.15, -0.1) is 0 Å². The molecule has 2 heteroatoms. The Labute approximate surface area is 88.9 Å². The van der Waals surface area contributed by atoms with E-state index in [9.17, 15) is 0 Å². The maximum absolute atomic E-state index is 5.22. The molecule has 68 valence electrons. The molecule has 0 bridgehead atoms. The third kappa shape index (κ3) is 1.75. The Kier molecular flexibility index (Phi) is 2.62. The summed E-state index contributed by atoms with van der Waals surface area (Å²) in [5.74, 6) is 0.999. The Morgan fingerprint density at radius 3 is 3.00 bits per heavy atom. The third-order valence-electron chi connectivity index (χ3n) is 2.24. The Morgan fingerprint density at radius 2 is 2.23 bits per heavy atom. The van der Waals surface area contributed by atoms with Crippen LogP contribution in [0.4, 0.5) is 0 Å². The zero-order valence-corrected chi connectivity index (χ0v) is 10.2. The van der Waals surface area contributed by atoms with Crippen molar-refractivity contribution in [2.75, 3.05) is 7.11 Å². The van der Waals surface area contributed by atoms with Crippen LogP contribution in [0, 0.1) is 0 Å². The van der Waals surface area contributed by atoms with Gasteiger partial charge in [0, 0.05) is 0 Å². The van der Waals surface area contributed by atoms with E-state index in [1.807, 2.05) is 0 Å². The molecule has 13 heavy (non-hydrogen) atoms. The van der Waals surface area contributed by atoms with Gasteiger partial charge in [0.2, 0.25) is 0 Å². The van der Waals surface area contributed by atoms with Crippen LogP contribution in [0.15, 0.2) is 24.3 Å². The van der Waals surface area contributed by atoms with Crippen LogP contribution >= 0.6 is 0 Å². The fourth-order valence-corrected chi connectivity index (χ4v) is 4.57. The van der Waals surface area contributed by atoms with Crippen LogP contribution in [0.2, 0.25) is 4.47 Å². The second-order valence-electron chi connectivity index (χ2n) is 3.06. The molecule has 0 atom stereocenters. The average molecular weight is 288 g/mol. The van der Waals surface area contributed by atoms with Crippen molar-refractivity contribution < 1.29 is 4.74 Å². The minimum absolute atomic E-state index is 0.0151. The summed E-state index contributed by atoms with van der Waals surface area (Å²) in [6.45, 7) is 2.19. The molecule has 0 aliphatic carbocycles. The Balaban J connectivity index is 2.48. The number of hydrogen-bond donors (Lipinski definition) is 0. The summed E-state index contributed by atoms with van der Waals surface area (Å²) in [7, 11) is 1.73. The number of ether oxygens (including phenoxy) is 1. The first-order valence-electron chi connectivity index (χ1n) is 4.29. The van der Waals surface area contributed by atoms with Crippen LogP contribution in [0.3, 0.4) is 0 Å². The number of hydrogen-bond acceptors (Lipinski definition) is 1. The SMILES string of the molecule is COc1ccc2c(c1)[Te]CC=C2C. The van der Waals surface area contributed by atoms with Gasteiger partial charge in [-0.3, -0.25) is 0 Å². The van der Waals surface area contributed by atoms with E-state index in [1.165, 1.54) is 15.6 Å². The number of benzene rings is 1. The zero-order chi connectivity index (χ0) is 9.26. The number of rotatable bonds is 1. The molecule has 0 saturated heterocycles. The molecule has 1 nitrogen and oxygen atoms in total. The summed E-state index contributed by atoms with van der Waals surface area (Å²) in [4.78, 5) is 0. The van der Waals surface area contributed by atoms with Crippen LogP contribution in [0.1, 0.15) is 12.5 Å². The Hall–Kier alpha value is -0.450. The molecular weight excluding hydrogens is 276 g/mol. The van der Waals surface area contributed by atoms with E-state index >= 15 is 0 Å². The molecule has 0 radical (unpaired) electrons. The maximum atomic E-state index is 5.22. The number of fused-ring (bicyclic) bond motifs is 1. The van der Waals surface area contributed by atoms with Crippen LogP contribution in [0.25, 0.3) is 5.57 Å². The van der Waals surface area contributed by atoms with E-state index in [0.717, 1.165) is 5.75 Å². The predicted molar refractivity (Wildman–Crippen MR) is 56.8 cm³/mol. The van der Waals surface area contributed by atoms with Crippen LogP contribution < -0.4 is 8.35 Å². The van der Waals surface area contributed by atoms with E-state index in [0.29, 0.717) is 0 Å². The van der Waals surface area contributed by atoms with Crippen molar-refractivity contribution in [2.45, 2.75) is 11.4 Å². The van der Waals surface area contributed by atoms with Gasteiger partial charge in [0.15, 0.2) is 0 Å². The van der Waals surface area contributed by atoms with Crippen LogP contribution in [0.5, 0.6) is 5.75 Å². The van der Waals surface area contributed by atoms with Crippen molar-refractivity contribution in [3.8, 4) is 5.75 Å². The molecule has 0 N–H and O–H groups in total. The van der Waals surface area contributed by atoms with Gasteiger partial charge >= 0.3 is 88.9 Å². The van der Waals surface area contributed by atoms with E-state index in [4.69, 9.17) is 4.74 Å². The summed E-state index contributed by atoms with van der Waals surface area (Å²) >= 11 is 0.0151. The van der Waals surface area contributed by atoms with Gasteiger partial charge in [0.05, 0.1) is 0 Å². The second kappa shape index (κ2) is 3.74. The molecule has 1 aliphatic heterocycles. The van der Waals surface area contributed by atoms with Gasteiger partial charge in [0.25, 0.3) is 0 Å². The molecule has 0 spiro atoms. The standard InChI is InChI=1S/C11H12OTe/c1-8-5-6-13-11-7-9(12-2)3-4-10(8)11/h3-5,7H,6H2,1-2H3. The van der Waals surface area contributed by atoms with Crippen LogP contribution in [-0.4, -0.2) is 28.0 Å². The summed E-state index contributed by atoms with van der Waals surface area (Å²) < 4.78 is 8.05.